The Balaban J connectivity index is 1.11. The topological polar surface area (TPSA) is 141 Å². The van der Waals surface area contributed by atoms with Crippen molar-refractivity contribution in [2.45, 2.75) is 38.8 Å². The number of amides is 1. The molecular formula is C32H35N3O9. The number of ether oxygens (including phenoxy) is 4. The Hall–Kier alpha value is -4.55. The number of hydrogen-bond donors (Lipinski definition) is 1. The van der Waals surface area contributed by atoms with Crippen molar-refractivity contribution in [2.24, 2.45) is 0 Å². The molecule has 0 aliphatic carbocycles. The van der Waals surface area contributed by atoms with E-state index in [-0.39, 0.29) is 55.6 Å². The first kappa shape index (κ1) is 30.9. The third-order valence-electron chi connectivity index (χ3n) is 7.86. The Morgan fingerprint density at radius 2 is 1.77 bits per heavy atom. The first-order valence-electron chi connectivity index (χ1n) is 14.6. The Morgan fingerprint density at radius 1 is 1.02 bits per heavy atom. The summed E-state index contributed by atoms with van der Waals surface area (Å²) in [5, 5.41) is 3.20. The molecule has 2 atom stereocenters. The summed E-state index contributed by atoms with van der Waals surface area (Å²) in [6, 6.07) is 12.7. The first-order chi connectivity index (χ1) is 21.2. The van der Waals surface area contributed by atoms with E-state index in [0.717, 1.165) is 6.42 Å². The number of hydrogen-bond acceptors (Lipinski definition) is 11. The molecule has 0 bridgehead atoms. The molecule has 5 rings (SSSR count). The van der Waals surface area contributed by atoms with Crippen molar-refractivity contribution in [3.63, 3.8) is 0 Å². The van der Waals surface area contributed by atoms with Gasteiger partial charge in [0, 0.05) is 30.3 Å². The van der Waals surface area contributed by atoms with Crippen molar-refractivity contribution in [3.8, 4) is 5.75 Å². The molecule has 1 N–H and O–H groups in total. The van der Waals surface area contributed by atoms with Crippen LogP contribution in [0.2, 0.25) is 0 Å². The molecule has 232 valence electrons. The van der Waals surface area contributed by atoms with Gasteiger partial charge in [-0.05, 0) is 63.6 Å². The van der Waals surface area contributed by atoms with Gasteiger partial charge in [0.15, 0.2) is 18.1 Å². The van der Waals surface area contributed by atoms with Gasteiger partial charge in [-0.25, -0.2) is 14.4 Å². The normalized spacial score (nSPS) is 21.3. The molecule has 0 spiro atoms. The second kappa shape index (κ2) is 13.8. The van der Waals surface area contributed by atoms with Crippen LogP contribution >= 0.6 is 0 Å². The van der Waals surface area contributed by atoms with Crippen LogP contribution in [-0.4, -0.2) is 97.4 Å². The Labute approximate surface area is 254 Å². The van der Waals surface area contributed by atoms with Gasteiger partial charge in [0.1, 0.15) is 17.6 Å². The maximum atomic E-state index is 13.1. The molecule has 44 heavy (non-hydrogen) atoms. The van der Waals surface area contributed by atoms with E-state index in [0.29, 0.717) is 48.5 Å². The molecule has 12 nitrogen and oxygen atoms in total. The van der Waals surface area contributed by atoms with E-state index in [4.69, 9.17) is 18.9 Å². The highest BCUT2D eigenvalue weighted by atomic mass is 16.6. The minimum absolute atomic E-state index is 0.0178. The second-order valence-electron chi connectivity index (χ2n) is 10.8. The van der Waals surface area contributed by atoms with Crippen LogP contribution in [-0.2, 0) is 28.6 Å². The molecular weight excluding hydrogens is 570 g/mol. The summed E-state index contributed by atoms with van der Waals surface area (Å²) in [4.78, 5) is 66.2. The lowest BCUT2D eigenvalue weighted by Crippen LogP contribution is -2.58. The average Bonchev–Trinajstić information content (AvgIpc) is 3.38. The SMILES string of the molecule is CCOC(=O)COc1ccc(C(=O)CN2CCN(C3CCNC(C(=O)O/C(C)=C4\OC(=O)c5ccccc54)C3)CC2=O)cc1. The largest absolute Gasteiger partial charge is 0.482 e. The standard InChI is InChI=1S/C32H35N3O9/c1-3-41-29(38)19-42-23-10-8-21(9-11-23)27(36)17-35-15-14-34(18-28(35)37)22-12-13-33-26(16-22)32(40)43-20(2)30-24-6-4-5-7-25(24)31(39)44-30/h4-11,22,26,33H,3,12-19H2,1-2H3/b30-20-. The summed E-state index contributed by atoms with van der Waals surface area (Å²) >= 11 is 0. The minimum Gasteiger partial charge on any atom is -0.482 e. The second-order valence-corrected chi connectivity index (χ2v) is 10.8. The predicted molar refractivity (Wildman–Crippen MR) is 156 cm³/mol. The summed E-state index contributed by atoms with van der Waals surface area (Å²) in [5.74, 6) is -0.909. The van der Waals surface area contributed by atoms with Crippen LogP contribution in [0.5, 0.6) is 5.75 Å². The van der Waals surface area contributed by atoms with Crippen molar-refractivity contribution in [1.29, 1.82) is 0 Å². The maximum Gasteiger partial charge on any atom is 0.344 e. The van der Waals surface area contributed by atoms with E-state index in [1.807, 2.05) is 0 Å². The highest BCUT2D eigenvalue weighted by molar-refractivity contribution is 6.03. The highest BCUT2D eigenvalue weighted by Crippen LogP contribution is 2.32. The van der Waals surface area contributed by atoms with Crippen LogP contribution in [0.3, 0.4) is 0 Å². The van der Waals surface area contributed by atoms with E-state index in [1.165, 1.54) is 0 Å². The quantitative estimate of drug-likeness (QED) is 0.184. The van der Waals surface area contributed by atoms with Crippen molar-refractivity contribution in [2.75, 3.05) is 45.9 Å². The first-order valence-corrected chi connectivity index (χ1v) is 14.6. The van der Waals surface area contributed by atoms with Gasteiger partial charge in [-0.3, -0.25) is 14.5 Å². The number of nitrogens with zero attached hydrogens (tertiary/aromatic N) is 2. The Morgan fingerprint density at radius 3 is 2.50 bits per heavy atom. The van der Waals surface area contributed by atoms with Crippen molar-refractivity contribution >= 4 is 35.4 Å². The van der Waals surface area contributed by atoms with Gasteiger partial charge < -0.3 is 29.2 Å². The van der Waals surface area contributed by atoms with Gasteiger partial charge in [-0.1, -0.05) is 18.2 Å². The zero-order valence-electron chi connectivity index (χ0n) is 24.7. The predicted octanol–water partition coefficient (Wildman–Crippen LogP) is 2.18. The van der Waals surface area contributed by atoms with Crippen molar-refractivity contribution in [3.05, 3.63) is 71.0 Å². The van der Waals surface area contributed by atoms with Crippen molar-refractivity contribution in [1.82, 2.24) is 15.1 Å². The van der Waals surface area contributed by atoms with E-state index in [1.54, 1.807) is 67.3 Å². The van der Waals surface area contributed by atoms with Gasteiger partial charge >= 0.3 is 17.9 Å². The molecule has 3 heterocycles. The van der Waals surface area contributed by atoms with Crippen LogP contribution in [0.15, 0.2) is 54.3 Å². The molecule has 1 amide bonds. The average molecular weight is 606 g/mol. The zero-order valence-corrected chi connectivity index (χ0v) is 24.7. The molecule has 0 saturated carbocycles. The monoisotopic (exact) mass is 605 g/mol. The van der Waals surface area contributed by atoms with Crippen molar-refractivity contribution < 1.29 is 42.9 Å². The van der Waals surface area contributed by atoms with E-state index < -0.39 is 23.9 Å². The third-order valence-corrected chi connectivity index (χ3v) is 7.86. The lowest BCUT2D eigenvalue weighted by molar-refractivity contribution is -0.145. The van der Waals surface area contributed by atoms with Gasteiger partial charge in [-0.15, -0.1) is 0 Å². The minimum atomic E-state index is -0.587. The van der Waals surface area contributed by atoms with Gasteiger partial charge in [0.2, 0.25) is 5.91 Å². The van der Waals surface area contributed by atoms with E-state index in [9.17, 15) is 24.0 Å². The molecule has 0 aromatic heterocycles. The molecule has 2 aromatic rings. The smallest absolute Gasteiger partial charge is 0.344 e. The molecule has 12 heteroatoms. The third kappa shape index (κ3) is 7.14. The fraction of sp³-hybridized carbons (Fsp3) is 0.406. The van der Waals surface area contributed by atoms with Gasteiger partial charge in [0.25, 0.3) is 0 Å². The molecule has 3 aliphatic heterocycles. The van der Waals surface area contributed by atoms with Gasteiger partial charge in [-0.2, -0.15) is 0 Å². The molecule has 3 aliphatic rings. The highest BCUT2D eigenvalue weighted by Gasteiger charge is 2.36. The number of allylic oxidation sites excluding steroid dienone is 1. The fourth-order valence-electron chi connectivity index (χ4n) is 5.55. The summed E-state index contributed by atoms with van der Waals surface area (Å²) in [5.41, 5.74) is 1.45. The summed E-state index contributed by atoms with van der Waals surface area (Å²) < 4.78 is 21.2. The number of ketones is 1. The number of rotatable bonds is 10. The number of piperidine rings is 1. The number of nitrogens with one attached hydrogen (secondary N) is 1. The summed E-state index contributed by atoms with van der Waals surface area (Å²) in [6.07, 6.45) is 1.21. The van der Waals surface area contributed by atoms with Crippen LogP contribution in [0, 0.1) is 0 Å². The molecule has 2 fully saturated rings. The number of piperazine rings is 1. The van der Waals surface area contributed by atoms with E-state index in [2.05, 4.69) is 10.2 Å². The zero-order chi connectivity index (χ0) is 31.2. The Kier molecular flexibility index (Phi) is 9.71. The molecule has 0 radical (unpaired) electrons. The van der Waals surface area contributed by atoms with Crippen LogP contribution in [0.1, 0.15) is 53.0 Å². The van der Waals surface area contributed by atoms with Gasteiger partial charge in [0.05, 0.1) is 25.3 Å². The lowest BCUT2D eigenvalue weighted by atomic mass is 9.97. The van der Waals surface area contributed by atoms with E-state index >= 15 is 0 Å². The maximum absolute atomic E-state index is 13.1. The van der Waals surface area contributed by atoms with Crippen LogP contribution < -0.4 is 10.1 Å². The number of benzene rings is 2. The number of cyclic esters (lactones) is 1. The van der Waals surface area contributed by atoms with Crippen LogP contribution in [0.4, 0.5) is 0 Å². The number of carbonyl (C=O) groups excluding carboxylic acids is 5. The number of Topliss-reactive ketones (excluding diaryl/α,β-unsaturated/α-hetero) is 1. The molecule has 2 aromatic carbocycles. The summed E-state index contributed by atoms with van der Waals surface area (Å²) in [6.45, 7) is 5.00. The fourth-order valence-corrected chi connectivity index (χ4v) is 5.55. The van der Waals surface area contributed by atoms with Crippen LogP contribution in [0.25, 0.3) is 5.76 Å². The number of carbonyl (C=O) groups is 5. The number of esters is 3. The molecule has 2 saturated heterocycles. The number of fused-ring (bicyclic) bond motifs is 1. The molecule has 2 unspecified atom stereocenters. The Bertz CT molecular complexity index is 1470. The lowest BCUT2D eigenvalue weighted by Gasteiger charge is -2.41. The summed E-state index contributed by atoms with van der Waals surface area (Å²) in [7, 11) is 0.